The molecule has 20 heavy (non-hydrogen) atoms. The Morgan fingerprint density at radius 1 is 1.05 bits per heavy atom. The molecule has 1 aromatic carbocycles. The first-order valence-electron chi connectivity index (χ1n) is 5.88. The van der Waals surface area contributed by atoms with Crippen molar-refractivity contribution in [3.05, 3.63) is 18.2 Å². The first-order valence-corrected chi connectivity index (χ1v) is 5.88. The van der Waals surface area contributed by atoms with E-state index in [9.17, 15) is 9.59 Å². The molecule has 0 fully saturated rings. The van der Waals surface area contributed by atoms with E-state index >= 15 is 0 Å². The number of nitrogens with one attached hydrogen (secondary N) is 2. The van der Waals surface area contributed by atoms with Crippen LogP contribution in [0.2, 0.25) is 0 Å². The van der Waals surface area contributed by atoms with Crippen LogP contribution in [0.1, 0.15) is 6.92 Å². The number of esters is 1. The summed E-state index contributed by atoms with van der Waals surface area (Å²) in [6.45, 7) is 1.53. The predicted octanol–water partition coefficient (Wildman–Crippen LogP) is 1.39. The fourth-order valence-electron chi connectivity index (χ4n) is 1.48. The molecule has 1 aromatic rings. The summed E-state index contributed by atoms with van der Waals surface area (Å²) in [4.78, 5) is 22.9. The highest BCUT2D eigenvalue weighted by atomic mass is 16.5. The van der Waals surface area contributed by atoms with Gasteiger partial charge in [-0.3, -0.25) is 0 Å². The zero-order valence-corrected chi connectivity index (χ0v) is 11.9. The van der Waals surface area contributed by atoms with E-state index in [0.717, 1.165) is 0 Å². The van der Waals surface area contributed by atoms with Crippen molar-refractivity contribution >= 4 is 17.7 Å². The Balaban J connectivity index is 2.72. The molecule has 0 radical (unpaired) electrons. The van der Waals surface area contributed by atoms with Crippen molar-refractivity contribution in [2.75, 3.05) is 26.6 Å². The maximum atomic E-state index is 11.7. The van der Waals surface area contributed by atoms with Gasteiger partial charge in [-0.1, -0.05) is 0 Å². The first-order chi connectivity index (χ1) is 9.49. The van der Waals surface area contributed by atoms with Gasteiger partial charge in [0, 0.05) is 23.9 Å². The number of benzene rings is 1. The summed E-state index contributed by atoms with van der Waals surface area (Å²) in [6, 6.07) is 3.67. The zero-order valence-electron chi connectivity index (χ0n) is 11.9. The van der Waals surface area contributed by atoms with E-state index in [4.69, 9.17) is 9.47 Å². The fourth-order valence-corrected chi connectivity index (χ4v) is 1.48. The minimum absolute atomic E-state index is 0.482. The van der Waals surface area contributed by atoms with E-state index in [1.807, 2.05) is 0 Å². The second kappa shape index (κ2) is 7.22. The minimum atomic E-state index is -0.743. The van der Waals surface area contributed by atoms with Crippen molar-refractivity contribution in [3.63, 3.8) is 0 Å². The van der Waals surface area contributed by atoms with Gasteiger partial charge in [0.1, 0.15) is 17.5 Å². The predicted molar refractivity (Wildman–Crippen MR) is 73.2 cm³/mol. The van der Waals surface area contributed by atoms with Crippen molar-refractivity contribution in [2.45, 2.75) is 13.0 Å². The number of hydrogen-bond donors (Lipinski definition) is 2. The molecule has 0 aliphatic heterocycles. The SMILES string of the molecule is COC(=O)[C@H](C)NC(=O)Nc1cc(OC)cc(OC)c1. The van der Waals surface area contributed by atoms with Gasteiger partial charge in [0.2, 0.25) is 0 Å². The molecule has 0 heterocycles. The summed E-state index contributed by atoms with van der Waals surface area (Å²) >= 11 is 0. The van der Waals surface area contributed by atoms with Gasteiger partial charge in [-0.15, -0.1) is 0 Å². The number of urea groups is 1. The lowest BCUT2D eigenvalue weighted by atomic mass is 10.2. The van der Waals surface area contributed by atoms with Crippen molar-refractivity contribution in [1.29, 1.82) is 0 Å². The molecule has 7 heteroatoms. The van der Waals surface area contributed by atoms with Crippen LogP contribution in [-0.4, -0.2) is 39.4 Å². The summed E-state index contributed by atoms with van der Waals surface area (Å²) in [5.74, 6) is 0.560. The van der Waals surface area contributed by atoms with Gasteiger partial charge in [0.05, 0.1) is 21.3 Å². The monoisotopic (exact) mass is 282 g/mol. The van der Waals surface area contributed by atoms with Gasteiger partial charge in [0.25, 0.3) is 0 Å². The summed E-state index contributed by atoms with van der Waals surface area (Å²) < 4.78 is 14.7. The molecule has 110 valence electrons. The van der Waals surface area contributed by atoms with E-state index in [2.05, 4.69) is 15.4 Å². The zero-order chi connectivity index (χ0) is 15.1. The van der Waals surface area contributed by atoms with Crippen LogP contribution in [0.5, 0.6) is 11.5 Å². The second-order valence-electron chi connectivity index (χ2n) is 3.94. The smallest absolute Gasteiger partial charge is 0.328 e. The third-order valence-electron chi connectivity index (χ3n) is 2.51. The van der Waals surface area contributed by atoms with Crippen LogP contribution in [-0.2, 0) is 9.53 Å². The number of anilines is 1. The quantitative estimate of drug-likeness (QED) is 0.797. The first kappa shape index (κ1) is 15.6. The van der Waals surface area contributed by atoms with Crippen molar-refractivity contribution < 1.29 is 23.8 Å². The Morgan fingerprint density at radius 2 is 1.60 bits per heavy atom. The lowest BCUT2D eigenvalue weighted by Gasteiger charge is -2.13. The van der Waals surface area contributed by atoms with Crippen LogP contribution >= 0.6 is 0 Å². The number of amides is 2. The van der Waals surface area contributed by atoms with Gasteiger partial charge in [-0.25, -0.2) is 9.59 Å². The normalized spacial score (nSPS) is 11.2. The molecule has 0 saturated heterocycles. The molecule has 1 atom stereocenters. The van der Waals surface area contributed by atoms with Gasteiger partial charge in [-0.2, -0.15) is 0 Å². The lowest BCUT2D eigenvalue weighted by Crippen LogP contribution is -2.41. The highest BCUT2D eigenvalue weighted by Crippen LogP contribution is 2.25. The highest BCUT2D eigenvalue weighted by Gasteiger charge is 2.16. The van der Waals surface area contributed by atoms with Crippen molar-refractivity contribution in [1.82, 2.24) is 5.32 Å². The molecule has 2 N–H and O–H groups in total. The molecule has 0 unspecified atom stereocenters. The van der Waals surface area contributed by atoms with Gasteiger partial charge < -0.3 is 24.8 Å². The molecule has 0 spiro atoms. The second-order valence-corrected chi connectivity index (χ2v) is 3.94. The molecule has 0 aromatic heterocycles. The van der Waals surface area contributed by atoms with Crippen LogP contribution in [0.25, 0.3) is 0 Å². The molecule has 0 aliphatic rings. The van der Waals surface area contributed by atoms with Crippen LogP contribution in [0, 0.1) is 0 Å². The summed E-state index contributed by atoms with van der Waals surface area (Å²) in [5, 5.41) is 5.03. The fraction of sp³-hybridized carbons (Fsp3) is 0.385. The lowest BCUT2D eigenvalue weighted by molar-refractivity contribution is -0.142. The van der Waals surface area contributed by atoms with E-state index in [1.165, 1.54) is 28.3 Å². The average Bonchev–Trinajstić information content (AvgIpc) is 2.45. The van der Waals surface area contributed by atoms with Gasteiger partial charge in [-0.05, 0) is 6.92 Å². The summed E-state index contributed by atoms with van der Waals surface area (Å²) in [6.07, 6.45) is 0. The average molecular weight is 282 g/mol. The number of ether oxygens (including phenoxy) is 3. The summed E-state index contributed by atoms with van der Waals surface area (Å²) in [5.41, 5.74) is 0.482. The van der Waals surface area contributed by atoms with Crippen LogP contribution in [0.15, 0.2) is 18.2 Å². The number of carbonyl (C=O) groups excluding carboxylic acids is 2. The van der Waals surface area contributed by atoms with E-state index in [-0.39, 0.29) is 0 Å². The highest BCUT2D eigenvalue weighted by molar-refractivity contribution is 5.92. The Hall–Kier alpha value is -2.44. The third-order valence-corrected chi connectivity index (χ3v) is 2.51. The summed E-state index contributed by atoms with van der Waals surface area (Å²) in [7, 11) is 4.28. The molecule has 7 nitrogen and oxygen atoms in total. The molecule has 0 bridgehead atoms. The molecule has 0 aliphatic carbocycles. The number of carbonyl (C=O) groups is 2. The number of hydrogen-bond acceptors (Lipinski definition) is 5. The number of methoxy groups -OCH3 is 3. The van der Waals surface area contributed by atoms with Gasteiger partial charge >= 0.3 is 12.0 Å². The van der Waals surface area contributed by atoms with E-state index in [0.29, 0.717) is 17.2 Å². The van der Waals surface area contributed by atoms with Gasteiger partial charge in [0.15, 0.2) is 0 Å². The molecule has 1 rings (SSSR count). The Bertz CT molecular complexity index is 467. The maximum Gasteiger partial charge on any atom is 0.328 e. The van der Waals surface area contributed by atoms with Crippen LogP contribution < -0.4 is 20.1 Å². The molecular weight excluding hydrogens is 264 g/mol. The molecular formula is C13H18N2O5. The molecule has 0 saturated carbocycles. The van der Waals surface area contributed by atoms with Crippen molar-refractivity contribution in [2.24, 2.45) is 0 Å². The Kier molecular flexibility index (Phi) is 5.64. The van der Waals surface area contributed by atoms with E-state index in [1.54, 1.807) is 18.2 Å². The largest absolute Gasteiger partial charge is 0.497 e. The van der Waals surface area contributed by atoms with Crippen LogP contribution in [0.4, 0.5) is 10.5 Å². The maximum absolute atomic E-state index is 11.7. The Labute approximate surface area is 117 Å². The standard InChI is InChI=1S/C13H18N2O5/c1-8(12(16)20-4)14-13(17)15-9-5-10(18-2)7-11(6-9)19-3/h5-8H,1-4H3,(H2,14,15,17)/t8-/m0/s1. The Morgan fingerprint density at radius 3 is 2.05 bits per heavy atom. The van der Waals surface area contributed by atoms with Crippen molar-refractivity contribution in [3.8, 4) is 11.5 Å². The number of rotatable bonds is 5. The van der Waals surface area contributed by atoms with E-state index < -0.39 is 18.0 Å². The van der Waals surface area contributed by atoms with Crippen LogP contribution in [0.3, 0.4) is 0 Å². The third kappa shape index (κ3) is 4.34. The minimum Gasteiger partial charge on any atom is -0.497 e. The molecule has 2 amide bonds. The topological polar surface area (TPSA) is 85.9 Å².